The molecule has 1 heterocycles. The summed E-state index contributed by atoms with van der Waals surface area (Å²) in [6.45, 7) is 3.90. The first-order valence-corrected chi connectivity index (χ1v) is 11.6. The molecule has 0 aromatic heterocycles. The summed E-state index contributed by atoms with van der Waals surface area (Å²) >= 11 is 30.7. The lowest BCUT2D eigenvalue weighted by molar-refractivity contribution is -0.119. The van der Waals surface area contributed by atoms with E-state index in [1.165, 1.54) is 18.0 Å². The Kier molecular flexibility index (Phi) is 7.91. The van der Waals surface area contributed by atoms with Crippen molar-refractivity contribution in [2.75, 3.05) is 22.6 Å². The number of amidine groups is 1. The fourth-order valence-electron chi connectivity index (χ4n) is 3.07. The van der Waals surface area contributed by atoms with Gasteiger partial charge in [-0.3, -0.25) is 9.69 Å². The standard InChI is InChI=1S/C21H20Cl5N5O2/c1-11(2)27-15-6-4-5-7-16(15)31-17(18(32)30(3)20(31)33)29-19(21(24,25)26)28-14-9-8-12(22)10-13(14)23/h4-11,19,27-28H,1-3H3. The van der Waals surface area contributed by atoms with Crippen LogP contribution in [0, 0.1) is 0 Å². The third-order valence-corrected chi connectivity index (χ3v) is 5.73. The van der Waals surface area contributed by atoms with Crippen LogP contribution < -0.4 is 15.5 Å². The van der Waals surface area contributed by atoms with Gasteiger partial charge in [0, 0.05) is 18.1 Å². The third-order valence-electron chi connectivity index (χ3n) is 4.56. The summed E-state index contributed by atoms with van der Waals surface area (Å²) in [4.78, 5) is 32.5. The number of urea groups is 1. The molecule has 1 aliphatic rings. The van der Waals surface area contributed by atoms with Gasteiger partial charge >= 0.3 is 6.03 Å². The minimum absolute atomic E-state index is 0.0697. The number of nitrogens with one attached hydrogen (secondary N) is 2. The van der Waals surface area contributed by atoms with Crippen molar-refractivity contribution in [2.24, 2.45) is 4.99 Å². The number of hydrogen-bond donors (Lipinski definition) is 2. The van der Waals surface area contributed by atoms with Crippen molar-refractivity contribution < 1.29 is 9.59 Å². The first-order chi connectivity index (χ1) is 15.4. The lowest BCUT2D eigenvalue weighted by Gasteiger charge is -2.26. The molecule has 0 saturated carbocycles. The number of imide groups is 1. The number of nitrogens with zero attached hydrogens (tertiary/aromatic N) is 3. The molecular formula is C21H20Cl5N5O2. The average Bonchev–Trinajstić information content (AvgIpc) is 2.92. The molecule has 0 radical (unpaired) electrons. The fourth-order valence-corrected chi connectivity index (χ4v) is 3.84. The molecule has 33 heavy (non-hydrogen) atoms. The number of benzene rings is 2. The highest BCUT2D eigenvalue weighted by Crippen LogP contribution is 2.37. The second kappa shape index (κ2) is 10.2. The number of halogens is 5. The lowest BCUT2D eigenvalue weighted by atomic mass is 10.2. The predicted molar refractivity (Wildman–Crippen MR) is 137 cm³/mol. The summed E-state index contributed by atoms with van der Waals surface area (Å²) in [6, 6.07) is 11.2. The van der Waals surface area contributed by atoms with Crippen molar-refractivity contribution in [3.8, 4) is 0 Å². The van der Waals surface area contributed by atoms with Gasteiger partial charge in [-0.15, -0.1) is 0 Å². The van der Waals surface area contributed by atoms with E-state index in [1.807, 2.05) is 19.9 Å². The Morgan fingerprint density at radius 2 is 1.64 bits per heavy atom. The third kappa shape index (κ3) is 5.78. The van der Waals surface area contributed by atoms with Crippen LogP contribution in [0.5, 0.6) is 0 Å². The van der Waals surface area contributed by atoms with Crippen LogP contribution in [0.25, 0.3) is 0 Å². The molecule has 1 fully saturated rings. The van der Waals surface area contributed by atoms with Gasteiger partial charge in [-0.2, -0.15) is 0 Å². The molecule has 2 aromatic rings. The molecule has 3 rings (SSSR count). The van der Waals surface area contributed by atoms with E-state index in [9.17, 15) is 9.59 Å². The molecule has 2 N–H and O–H groups in total. The van der Waals surface area contributed by atoms with Gasteiger partial charge in [0.1, 0.15) is 0 Å². The van der Waals surface area contributed by atoms with Gasteiger partial charge in [-0.05, 0) is 44.2 Å². The van der Waals surface area contributed by atoms with Crippen LogP contribution in [-0.4, -0.2) is 45.7 Å². The number of carbonyl (C=O) groups is 2. The van der Waals surface area contributed by atoms with Crippen molar-refractivity contribution >= 4 is 92.8 Å². The molecule has 12 heteroatoms. The van der Waals surface area contributed by atoms with E-state index in [0.717, 1.165) is 4.90 Å². The highest BCUT2D eigenvalue weighted by molar-refractivity contribution is 6.68. The second-order valence-electron chi connectivity index (χ2n) is 7.46. The maximum atomic E-state index is 13.0. The number of para-hydroxylation sites is 2. The van der Waals surface area contributed by atoms with E-state index >= 15 is 0 Å². The van der Waals surface area contributed by atoms with E-state index in [0.29, 0.717) is 22.1 Å². The molecule has 7 nitrogen and oxygen atoms in total. The maximum Gasteiger partial charge on any atom is 0.337 e. The highest BCUT2D eigenvalue weighted by Gasteiger charge is 2.44. The predicted octanol–water partition coefficient (Wildman–Crippen LogP) is 6.42. The van der Waals surface area contributed by atoms with Crippen LogP contribution in [0.2, 0.25) is 10.0 Å². The molecule has 1 atom stereocenters. The number of hydrogen-bond acceptors (Lipinski definition) is 5. The molecule has 176 valence electrons. The van der Waals surface area contributed by atoms with Crippen molar-refractivity contribution in [1.29, 1.82) is 0 Å². The van der Waals surface area contributed by atoms with Crippen molar-refractivity contribution in [3.05, 3.63) is 52.5 Å². The summed E-state index contributed by atoms with van der Waals surface area (Å²) in [5, 5.41) is 6.84. The number of aliphatic imine (C=N–C) groups is 1. The van der Waals surface area contributed by atoms with E-state index in [-0.39, 0.29) is 16.9 Å². The van der Waals surface area contributed by atoms with Crippen molar-refractivity contribution in [3.63, 3.8) is 0 Å². The number of rotatable bonds is 6. The number of amides is 3. The Balaban J connectivity index is 2.10. The molecule has 0 bridgehead atoms. The summed E-state index contributed by atoms with van der Waals surface area (Å²) in [5.74, 6) is -0.864. The first-order valence-electron chi connectivity index (χ1n) is 9.74. The minimum Gasteiger partial charge on any atom is -0.381 e. The molecular weight excluding hydrogens is 532 g/mol. The van der Waals surface area contributed by atoms with Crippen LogP contribution >= 0.6 is 58.0 Å². The molecule has 3 amide bonds. The van der Waals surface area contributed by atoms with Gasteiger partial charge in [0.2, 0.25) is 9.63 Å². The zero-order valence-corrected chi connectivity index (χ0v) is 21.5. The largest absolute Gasteiger partial charge is 0.381 e. The summed E-state index contributed by atoms with van der Waals surface area (Å²) in [6.07, 6.45) is -1.27. The normalized spacial score (nSPS) is 16.7. The Hall–Kier alpha value is -1.90. The maximum absolute atomic E-state index is 13.0. The van der Waals surface area contributed by atoms with Crippen molar-refractivity contribution in [2.45, 2.75) is 29.8 Å². The first kappa shape index (κ1) is 25.7. The zero-order chi connectivity index (χ0) is 24.5. The van der Waals surface area contributed by atoms with Gasteiger partial charge < -0.3 is 10.6 Å². The smallest absolute Gasteiger partial charge is 0.337 e. The second-order valence-corrected chi connectivity index (χ2v) is 10.7. The SMILES string of the molecule is CC(C)Nc1ccccc1N1C(=O)N(C)C(=O)C1=NC(Nc1ccc(Cl)cc1Cl)C(Cl)(Cl)Cl. The van der Waals surface area contributed by atoms with Crippen LogP contribution in [0.4, 0.5) is 21.9 Å². The van der Waals surface area contributed by atoms with Crippen LogP contribution in [0.15, 0.2) is 47.5 Å². The van der Waals surface area contributed by atoms with Crippen LogP contribution in [0.3, 0.4) is 0 Å². The number of likely N-dealkylation sites (N-methyl/N-ethyl adjacent to an activating group) is 1. The minimum atomic E-state index is -2.00. The van der Waals surface area contributed by atoms with E-state index in [4.69, 9.17) is 58.0 Å². The number of anilines is 3. The summed E-state index contributed by atoms with van der Waals surface area (Å²) in [5.41, 5.74) is 1.44. The molecule has 0 spiro atoms. The molecule has 2 aromatic carbocycles. The Morgan fingerprint density at radius 1 is 0.970 bits per heavy atom. The Bertz CT molecular complexity index is 1100. The highest BCUT2D eigenvalue weighted by atomic mass is 35.6. The molecule has 1 unspecified atom stereocenters. The summed E-state index contributed by atoms with van der Waals surface area (Å²) < 4.78 is -2.00. The van der Waals surface area contributed by atoms with E-state index < -0.39 is 21.9 Å². The topological polar surface area (TPSA) is 77.0 Å². The average molecular weight is 552 g/mol. The van der Waals surface area contributed by atoms with Crippen LogP contribution in [-0.2, 0) is 4.79 Å². The fraction of sp³-hybridized carbons (Fsp3) is 0.286. The quantitative estimate of drug-likeness (QED) is 0.321. The molecule has 1 saturated heterocycles. The van der Waals surface area contributed by atoms with E-state index in [2.05, 4.69) is 15.6 Å². The summed E-state index contributed by atoms with van der Waals surface area (Å²) in [7, 11) is 1.35. The molecule has 1 aliphatic heterocycles. The van der Waals surface area contributed by atoms with Gasteiger partial charge in [-0.25, -0.2) is 14.7 Å². The Morgan fingerprint density at radius 3 is 2.24 bits per heavy atom. The number of alkyl halides is 3. The van der Waals surface area contributed by atoms with Crippen molar-refractivity contribution in [1.82, 2.24) is 4.90 Å². The van der Waals surface area contributed by atoms with Gasteiger partial charge in [0.05, 0.1) is 22.1 Å². The molecule has 0 aliphatic carbocycles. The zero-order valence-electron chi connectivity index (χ0n) is 17.7. The van der Waals surface area contributed by atoms with Gasteiger partial charge in [0.25, 0.3) is 5.91 Å². The van der Waals surface area contributed by atoms with Gasteiger partial charge in [0.15, 0.2) is 6.17 Å². The van der Waals surface area contributed by atoms with Crippen LogP contribution in [0.1, 0.15) is 13.8 Å². The van der Waals surface area contributed by atoms with Gasteiger partial charge in [-0.1, -0.05) is 70.1 Å². The van der Waals surface area contributed by atoms with E-state index in [1.54, 1.807) is 30.3 Å². The monoisotopic (exact) mass is 549 g/mol. The lowest BCUT2D eigenvalue weighted by Crippen LogP contribution is -2.38. The number of carbonyl (C=O) groups excluding carboxylic acids is 2. The Labute approximate surface area is 216 Å².